The lowest BCUT2D eigenvalue weighted by atomic mass is 9.86. The van der Waals surface area contributed by atoms with Gasteiger partial charge in [-0.15, -0.1) is 0 Å². The van der Waals surface area contributed by atoms with Crippen molar-refractivity contribution in [3.8, 4) is 5.75 Å². The summed E-state index contributed by atoms with van der Waals surface area (Å²) >= 11 is 0. The van der Waals surface area contributed by atoms with Crippen molar-refractivity contribution in [1.29, 1.82) is 0 Å². The zero-order valence-electron chi connectivity index (χ0n) is 16.9. The zero-order chi connectivity index (χ0) is 20.4. The number of hydrogen-bond acceptors (Lipinski definition) is 5. The minimum absolute atomic E-state index is 0.0653. The smallest absolute Gasteiger partial charge is 0.243 e. The molecule has 0 aromatic heterocycles. The molecule has 3 fully saturated rings. The fraction of sp³-hybridized carbons (Fsp3) is 0.667. The number of anilines is 1. The first kappa shape index (κ1) is 20.6. The van der Waals surface area contributed by atoms with Gasteiger partial charge in [-0.1, -0.05) is 6.42 Å². The molecule has 2 bridgehead atoms. The summed E-state index contributed by atoms with van der Waals surface area (Å²) in [7, 11) is -3.63. The summed E-state index contributed by atoms with van der Waals surface area (Å²) in [6, 6.07) is 4.69. The number of carbonyl (C=O) groups excluding carboxylic acids is 1. The summed E-state index contributed by atoms with van der Waals surface area (Å²) < 4.78 is 38.3. The molecule has 1 N–H and O–H groups in total. The summed E-state index contributed by atoms with van der Waals surface area (Å²) in [4.78, 5) is 12.9. The molecule has 1 amide bonds. The minimum Gasteiger partial charge on any atom is -0.492 e. The van der Waals surface area contributed by atoms with Crippen LogP contribution >= 0.6 is 0 Å². The SMILES string of the molecule is CCOc1ccc(S(=O)(=O)N2CCOCC2)cc1NC(=O)C[C@@H]1C[C@H]2CC[C@@H]1C2. The summed E-state index contributed by atoms with van der Waals surface area (Å²) in [6.07, 6.45) is 5.43. The van der Waals surface area contributed by atoms with E-state index in [-0.39, 0.29) is 10.8 Å². The average molecular weight is 423 g/mol. The van der Waals surface area contributed by atoms with Gasteiger partial charge in [-0.2, -0.15) is 4.31 Å². The Labute approximate surface area is 172 Å². The fourth-order valence-corrected chi connectivity index (χ4v) is 6.49. The maximum absolute atomic E-state index is 13.0. The van der Waals surface area contributed by atoms with Gasteiger partial charge in [0, 0.05) is 19.5 Å². The largest absolute Gasteiger partial charge is 0.492 e. The Balaban J connectivity index is 1.51. The van der Waals surface area contributed by atoms with Crippen LogP contribution in [-0.4, -0.2) is 51.5 Å². The number of nitrogens with one attached hydrogen (secondary N) is 1. The van der Waals surface area contributed by atoms with Crippen LogP contribution in [0.4, 0.5) is 5.69 Å². The van der Waals surface area contributed by atoms with Crippen molar-refractivity contribution in [3.63, 3.8) is 0 Å². The molecule has 1 aromatic rings. The van der Waals surface area contributed by atoms with Gasteiger partial charge in [0.15, 0.2) is 0 Å². The van der Waals surface area contributed by atoms with Crippen LogP contribution in [0.15, 0.2) is 23.1 Å². The third kappa shape index (κ3) is 4.44. The summed E-state index contributed by atoms with van der Waals surface area (Å²) in [5, 5.41) is 2.93. The zero-order valence-corrected chi connectivity index (χ0v) is 17.7. The Morgan fingerprint density at radius 3 is 2.69 bits per heavy atom. The molecule has 7 nitrogen and oxygen atoms in total. The van der Waals surface area contributed by atoms with Crippen LogP contribution in [0.25, 0.3) is 0 Å². The second-order valence-electron chi connectivity index (χ2n) is 8.29. The van der Waals surface area contributed by atoms with Crippen molar-refractivity contribution in [3.05, 3.63) is 18.2 Å². The molecule has 2 aliphatic carbocycles. The Morgan fingerprint density at radius 2 is 2.03 bits per heavy atom. The van der Waals surface area contributed by atoms with E-state index in [0.29, 0.717) is 62.6 Å². The van der Waals surface area contributed by atoms with Crippen LogP contribution in [0.3, 0.4) is 0 Å². The van der Waals surface area contributed by atoms with Crippen LogP contribution in [0.2, 0.25) is 0 Å². The number of sulfonamides is 1. The molecular formula is C21H30N2O5S. The second kappa shape index (κ2) is 8.62. The number of fused-ring (bicyclic) bond motifs is 2. The van der Waals surface area contributed by atoms with Crippen LogP contribution < -0.4 is 10.1 Å². The topological polar surface area (TPSA) is 84.9 Å². The van der Waals surface area contributed by atoms with E-state index >= 15 is 0 Å². The van der Waals surface area contributed by atoms with Gasteiger partial charge in [-0.3, -0.25) is 4.79 Å². The van der Waals surface area contributed by atoms with Gasteiger partial charge in [0.25, 0.3) is 0 Å². The number of rotatable bonds is 7. The van der Waals surface area contributed by atoms with Crippen molar-refractivity contribution in [1.82, 2.24) is 4.31 Å². The lowest BCUT2D eigenvalue weighted by Gasteiger charge is -2.26. The first-order valence-corrected chi connectivity index (χ1v) is 12.1. The molecule has 1 saturated heterocycles. The highest BCUT2D eigenvalue weighted by atomic mass is 32.2. The number of hydrogen-bond donors (Lipinski definition) is 1. The van der Waals surface area contributed by atoms with Gasteiger partial charge in [0.1, 0.15) is 5.75 Å². The van der Waals surface area contributed by atoms with E-state index in [1.165, 1.54) is 29.6 Å². The molecule has 0 spiro atoms. The lowest BCUT2D eigenvalue weighted by molar-refractivity contribution is -0.117. The third-order valence-corrected chi connectivity index (χ3v) is 8.36. The molecule has 3 atom stereocenters. The Morgan fingerprint density at radius 1 is 1.24 bits per heavy atom. The molecular weight excluding hydrogens is 392 g/mol. The minimum atomic E-state index is -3.63. The van der Waals surface area contributed by atoms with E-state index in [9.17, 15) is 13.2 Å². The molecule has 8 heteroatoms. The van der Waals surface area contributed by atoms with E-state index in [2.05, 4.69) is 5.32 Å². The standard InChI is InChI=1S/C21H30N2O5S/c1-2-28-20-6-5-18(29(25,26)23-7-9-27-10-8-23)14-19(20)22-21(24)13-17-12-15-3-4-16(17)11-15/h5-6,14-17H,2-4,7-13H2,1H3,(H,22,24)/t15-,16+,17-/m0/s1. The highest BCUT2D eigenvalue weighted by molar-refractivity contribution is 7.89. The molecule has 0 radical (unpaired) electrons. The second-order valence-corrected chi connectivity index (χ2v) is 10.2. The van der Waals surface area contributed by atoms with Gasteiger partial charge in [0.2, 0.25) is 15.9 Å². The first-order valence-electron chi connectivity index (χ1n) is 10.6. The molecule has 1 heterocycles. The lowest BCUT2D eigenvalue weighted by Crippen LogP contribution is -2.40. The summed E-state index contributed by atoms with van der Waals surface area (Å²) in [6.45, 7) is 3.75. The maximum Gasteiger partial charge on any atom is 0.243 e. The third-order valence-electron chi connectivity index (χ3n) is 6.46. The predicted molar refractivity (Wildman–Crippen MR) is 109 cm³/mol. The van der Waals surface area contributed by atoms with Crippen LogP contribution in [-0.2, 0) is 19.6 Å². The molecule has 4 rings (SSSR count). The van der Waals surface area contributed by atoms with E-state index in [1.54, 1.807) is 12.1 Å². The summed E-state index contributed by atoms with van der Waals surface area (Å²) in [5.41, 5.74) is 0.425. The Kier molecular flexibility index (Phi) is 6.13. The van der Waals surface area contributed by atoms with Crippen molar-refractivity contribution < 1.29 is 22.7 Å². The molecule has 160 valence electrons. The van der Waals surface area contributed by atoms with Gasteiger partial charge < -0.3 is 14.8 Å². The number of nitrogens with zero attached hydrogens (tertiary/aromatic N) is 1. The van der Waals surface area contributed by atoms with Crippen molar-refractivity contribution in [2.75, 3.05) is 38.2 Å². The van der Waals surface area contributed by atoms with Gasteiger partial charge >= 0.3 is 0 Å². The van der Waals surface area contributed by atoms with Gasteiger partial charge in [-0.05, 0) is 62.1 Å². The van der Waals surface area contributed by atoms with Gasteiger partial charge in [-0.25, -0.2) is 8.42 Å². The van der Waals surface area contributed by atoms with Crippen molar-refractivity contribution in [2.45, 2.75) is 43.9 Å². The highest BCUT2D eigenvalue weighted by Gasteiger charge is 2.40. The molecule has 2 saturated carbocycles. The number of benzene rings is 1. The number of ether oxygens (including phenoxy) is 2. The van der Waals surface area contributed by atoms with E-state index in [4.69, 9.17) is 9.47 Å². The molecule has 0 unspecified atom stereocenters. The fourth-order valence-electron chi connectivity index (χ4n) is 5.05. The van der Waals surface area contributed by atoms with Crippen LogP contribution in [0, 0.1) is 17.8 Å². The number of carbonyl (C=O) groups is 1. The van der Waals surface area contributed by atoms with E-state index < -0.39 is 10.0 Å². The monoisotopic (exact) mass is 422 g/mol. The molecule has 3 aliphatic rings. The Bertz CT molecular complexity index is 851. The maximum atomic E-state index is 13.0. The normalized spacial score (nSPS) is 27.1. The highest BCUT2D eigenvalue weighted by Crippen LogP contribution is 2.49. The van der Waals surface area contributed by atoms with Crippen LogP contribution in [0.1, 0.15) is 39.0 Å². The average Bonchev–Trinajstić information content (AvgIpc) is 3.33. The number of morpholine rings is 1. The molecule has 1 aliphatic heterocycles. The van der Waals surface area contributed by atoms with Crippen molar-refractivity contribution >= 4 is 21.6 Å². The summed E-state index contributed by atoms with van der Waals surface area (Å²) in [5.74, 6) is 2.34. The molecule has 29 heavy (non-hydrogen) atoms. The quantitative estimate of drug-likeness (QED) is 0.730. The first-order chi connectivity index (χ1) is 14.0. The molecule has 1 aromatic carbocycles. The van der Waals surface area contributed by atoms with E-state index in [0.717, 1.165) is 12.3 Å². The van der Waals surface area contributed by atoms with Crippen molar-refractivity contribution in [2.24, 2.45) is 17.8 Å². The van der Waals surface area contributed by atoms with E-state index in [1.807, 2.05) is 6.92 Å². The predicted octanol–water partition coefficient (Wildman–Crippen LogP) is 2.87. The Hall–Kier alpha value is -1.64. The number of amides is 1. The van der Waals surface area contributed by atoms with Gasteiger partial charge in [0.05, 0.1) is 30.4 Å². The van der Waals surface area contributed by atoms with Crippen LogP contribution in [0.5, 0.6) is 5.75 Å².